The van der Waals surface area contributed by atoms with E-state index in [-0.39, 0.29) is 117 Å². The van der Waals surface area contributed by atoms with Gasteiger partial charge in [-0.25, -0.2) is 9.78 Å². The van der Waals surface area contributed by atoms with Crippen molar-refractivity contribution in [2.45, 2.75) is 132 Å². The van der Waals surface area contributed by atoms with Crippen LogP contribution >= 0.6 is 23.5 Å². The topological polar surface area (TPSA) is 479 Å². The van der Waals surface area contributed by atoms with Crippen molar-refractivity contribution in [3.05, 3.63) is 63.4 Å². The molecule has 2 aliphatic rings. The van der Waals surface area contributed by atoms with Crippen molar-refractivity contribution in [2.24, 2.45) is 44.4 Å². The third kappa shape index (κ3) is 17.0. The minimum atomic E-state index is -1.97. The van der Waals surface area contributed by atoms with Crippen molar-refractivity contribution in [1.29, 1.82) is 0 Å². The van der Waals surface area contributed by atoms with Crippen LogP contribution in [-0.4, -0.2) is 157 Å². The number of aliphatic imine (C=N–C) groups is 2. The highest BCUT2D eigenvalue weighted by Crippen LogP contribution is 2.40. The van der Waals surface area contributed by atoms with E-state index in [9.17, 15) is 53.7 Å². The molecule has 85 heavy (non-hydrogen) atoms. The van der Waals surface area contributed by atoms with E-state index in [4.69, 9.17) is 48.9 Å². The van der Waals surface area contributed by atoms with Gasteiger partial charge in [0, 0.05) is 55.0 Å². The number of benzene rings is 1. The first-order chi connectivity index (χ1) is 40.5. The maximum atomic E-state index is 14.2. The Morgan fingerprint density at radius 3 is 2.01 bits per heavy atom. The zero-order valence-corrected chi connectivity index (χ0v) is 49.2. The number of esters is 2. The number of nitrogens with two attached hydrogens (primary N) is 6. The normalized spacial score (nSPS) is 15.8. The van der Waals surface area contributed by atoms with Gasteiger partial charge < -0.3 is 90.3 Å². The number of thioether (sulfide) groups is 2. The average molecular weight is 1220 g/mol. The number of ether oxygens (including phenoxy) is 2. The molecule has 5 amide bonds. The Labute approximate surface area is 497 Å². The Kier molecular flexibility index (Phi) is 23.8. The number of nitrogens with zero attached hydrogens (tertiary/aromatic N) is 5. The number of hydrogen-bond donors (Lipinski definition) is 14. The molecule has 0 bridgehead atoms. The number of unbranched alkanes of at least 4 members (excludes halogenated alkanes) is 1. The van der Waals surface area contributed by atoms with Crippen molar-refractivity contribution < 1.29 is 58.4 Å². The zero-order valence-electron chi connectivity index (χ0n) is 47.5. The van der Waals surface area contributed by atoms with E-state index in [0.29, 0.717) is 59.4 Å². The first kappa shape index (κ1) is 66.0. The van der Waals surface area contributed by atoms with Crippen molar-refractivity contribution in [3.8, 4) is 28.9 Å². The highest BCUT2D eigenvalue weighted by molar-refractivity contribution is 7.99. The number of aromatic hydroxyl groups is 2. The Balaban J connectivity index is 1.08. The lowest BCUT2D eigenvalue weighted by Gasteiger charge is -2.31. The number of carbonyl (C=O) groups is 7. The van der Waals surface area contributed by atoms with E-state index in [1.165, 1.54) is 35.5 Å². The minimum absolute atomic E-state index is 0.00138. The van der Waals surface area contributed by atoms with Gasteiger partial charge in [0.15, 0.2) is 23.4 Å². The summed E-state index contributed by atoms with van der Waals surface area (Å²) >= 11 is 2.33. The molecule has 29 nitrogen and oxygen atoms in total. The molecule has 0 saturated carbocycles. The fourth-order valence-electron chi connectivity index (χ4n) is 9.58. The molecule has 1 unspecified atom stereocenters. The number of cyclic esters (lactones) is 1. The Hall–Kier alpha value is -8.13. The van der Waals surface area contributed by atoms with E-state index < -0.39 is 94.6 Å². The lowest BCUT2D eigenvalue weighted by molar-refractivity contribution is -0.172. The fourth-order valence-corrected chi connectivity index (χ4v) is 11.0. The van der Waals surface area contributed by atoms with Crippen molar-refractivity contribution in [3.63, 3.8) is 0 Å². The zero-order chi connectivity index (χ0) is 62.1. The van der Waals surface area contributed by atoms with E-state index in [0.717, 1.165) is 16.3 Å². The van der Waals surface area contributed by atoms with Gasteiger partial charge >= 0.3 is 11.9 Å². The number of carbonyl (C=O) groups excluding carboxylic acids is 7. The Morgan fingerprint density at radius 1 is 0.824 bits per heavy atom. The first-order valence-electron chi connectivity index (χ1n) is 27.6. The molecule has 2 aliphatic heterocycles. The molecule has 6 atom stereocenters. The van der Waals surface area contributed by atoms with Crippen molar-refractivity contribution in [1.82, 2.24) is 40.7 Å². The van der Waals surface area contributed by atoms with Gasteiger partial charge in [-0.15, -0.1) is 11.8 Å². The van der Waals surface area contributed by atoms with Crippen LogP contribution in [-0.2, 0) is 63.6 Å². The van der Waals surface area contributed by atoms with E-state index in [1.807, 2.05) is 6.26 Å². The van der Waals surface area contributed by atoms with E-state index >= 15 is 0 Å². The molecule has 1 aromatic carbocycles. The third-order valence-electron chi connectivity index (χ3n) is 14.2. The molecule has 6 rings (SSSR count). The molecule has 0 saturated heterocycles. The summed E-state index contributed by atoms with van der Waals surface area (Å²) in [6.07, 6.45) is 3.50. The standard InChI is InChI=1S/C54H76N16O13S2/c1-4-54(81)32-23-39-43-29(25-70(39)49(78)31(32)26-82-51(54)80)21-28-22-30(12-13-34(28)64-43)83-42(72)14-19-69-41(71)24-40(50(69)79)85-27-33(56)44(73)65-36(10-7-17-62-52(57)58)46(75)67-37(11-8-18-63-53(59)60)47(76)68-38(15-20-84-3)48(77)66-35(45(74)61-2)9-5-6-16-55/h12-13,21-24,33,35-38,71,79,81H,4-11,14-20,25-27,55-56H2,1-3H3,(H,61,74)(H,65,73)(H,66,77)(H,67,75)(H,68,76)(H4,57,58,62)(H4,59,60,63)/t33?,35-,36-,37-,38-,54-/m0/s1. The minimum Gasteiger partial charge on any atom is -0.494 e. The van der Waals surface area contributed by atoms with Gasteiger partial charge in [0.05, 0.1) is 46.4 Å². The first-order valence-corrected chi connectivity index (χ1v) is 30.0. The second-order valence-corrected chi connectivity index (χ2v) is 22.3. The van der Waals surface area contributed by atoms with Crippen LogP contribution in [0.2, 0.25) is 0 Å². The van der Waals surface area contributed by atoms with Crippen LogP contribution in [0.1, 0.15) is 87.8 Å². The van der Waals surface area contributed by atoms with Gasteiger partial charge in [-0.2, -0.15) is 11.8 Å². The molecule has 20 N–H and O–H groups in total. The summed E-state index contributed by atoms with van der Waals surface area (Å²) < 4.78 is 13.4. The van der Waals surface area contributed by atoms with Crippen molar-refractivity contribution >= 4 is 87.8 Å². The maximum Gasteiger partial charge on any atom is 0.343 e. The molecule has 0 fully saturated rings. The number of pyridine rings is 2. The maximum absolute atomic E-state index is 14.2. The highest BCUT2D eigenvalue weighted by Gasteiger charge is 2.45. The van der Waals surface area contributed by atoms with Gasteiger partial charge in [0.1, 0.15) is 36.5 Å². The predicted octanol–water partition coefficient (Wildman–Crippen LogP) is -1.62. The van der Waals surface area contributed by atoms with Gasteiger partial charge in [0.2, 0.25) is 35.4 Å². The summed E-state index contributed by atoms with van der Waals surface area (Å²) in [5, 5.41) is 47.1. The van der Waals surface area contributed by atoms with Crippen LogP contribution in [0.4, 0.5) is 0 Å². The number of fused-ring (bicyclic) bond motifs is 5. The quantitative estimate of drug-likeness (QED) is 0.00575. The second kappa shape index (κ2) is 30.6. The Morgan fingerprint density at radius 2 is 1.42 bits per heavy atom. The summed E-state index contributed by atoms with van der Waals surface area (Å²) in [7, 11) is 1.44. The van der Waals surface area contributed by atoms with Crippen LogP contribution in [0.5, 0.6) is 17.5 Å². The van der Waals surface area contributed by atoms with Crippen LogP contribution in [0.25, 0.3) is 22.3 Å². The molecule has 0 radical (unpaired) electrons. The number of aliphatic hydroxyl groups is 1. The number of aromatic nitrogens is 3. The van der Waals surface area contributed by atoms with Gasteiger partial charge in [-0.05, 0) is 107 Å². The molecular weight excluding hydrogens is 1140 g/mol. The van der Waals surface area contributed by atoms with Crippen molar-refractivity contribution in [2.75, 3.05) is 44.4 Å². The molecule has 31 heteroatoms. The van der Waals surface area contributed by atoms with Crippen LogP contribution in [0, 0.1) is 0 Å². The Bertz CT molecular complexity index is 3240. The monoisotopic (exact) mass is 1220 g/mol. The van der Waals surface area contributed by atoms with Crippen LogP contribution in [0.15, 0.2) is 56.1 Å². The predicted molar refractivity (Wildman–Crippen MR) is 319 cm³/mol. The number of guanidine groups is 2. The number of rotatable bonds is 32. The highest BCUT2D eigenvalue weighted by atomic mass is 32.2. The molecule has 4 aromatic rings. The molecule has 0 aliphatic carbocycles. The largest absolute Gasteiger partial charge is 0.494 e. The average Bonchev–Trinajstić information content (AvgIpc) is 3.20. The smallest absolute Gasteiger partial charge is 0.343 e. The SMILES string of the molecule is CC[C@@]1(O)C(=O)OCc2c1cc1n(c2=O)Cc2cc3cc(OC(=O)CCn4c(O)cc(SCC(N)C(=O)N[C@@H](CCCN=C(N)N)C(=O)N[C@@H](CCCN=C(N)N)C(=O)N[C@@H](CCSC)C(=O)N[C@@H](CCCCN)C(=O)NC)c4O)ccc3nc2-1. The number of likely N-dealkylation sites (N-methyl/N-ethyl adjacent to an activating group) is 1. The second-order valence-electron chi connectivity index (χ2n) is 20.3. The van der Waals surface area contributed by atoms with E-state index in [2.05, 4.69) is 36.6 Å². The summed E-state index contributed by atoms with van der Waals surface area (Å²) in [5.41, 5.74) is 34.2. The fraction of sp³-hybridized carbons (Fsp3) is 0.500. The molecule has 462 valence electrons. The number of hydrogen-bond acceptors (Lipinski definition) is 20. The number of nitrogens with one attached hydrogen (secondary N) is 5. The third-order valence-corrected chi connectivity index (χ3v) is 16.0. The van der Waals surface area contributed by atoms with Crippen LogP contribution in [0.3, 0.4) is 0 Å². The molecule has 3 aromatic heterocycles. The van der Waals surface area contributed by atoms with Crippen LogP contribution < -0.4 is 71.3 Å². The molecule has 0 spiro atoms. The number of amides is 5. The molecule has 5 heterocycles. The summed E-state index contributed by atoms with van der Waals surface area (Å²) in [5.74, 6) is -5.72. The van der Waals surface area contributed by atoms with Gasteiger partial charge in [-0.1, -0.05) is 6.92 Å². The lowest BCUT2D eigenvalue weighted by atomic mass is 9.86. The van der Waals surface area contributed by atoms with Gasteiger partial charge in [0.25, 0.3) is 5.56 Å². The lowest BCUT2D eigenvalue weighted by Crippen LogP contribution is -2.59. The summed E-state index contributed by atoms with van der Waals surface area (Å²) in [6.45, 7) is 1.84. The van der Waals surface area contributed by atoms with E-state index in [1.54, 1.807) is 31.2 Å². The summed E-state index contributed by atoms with van der Waals surface area (Å²) in [6, 6.07) is 3.48. The summed E-state index contributed by atoms with van der Waals surface area (Å²) in [4.78, 5) is 121. The van der Waals surface area contributed by atoms with Gasteiger partial charge in [-0.3, -0.25) is 48.1 Å². The molecular formula is C54H76N16O13S2.